The molecule has 0 N–H and O–H groups in total. The van der Waals surface area contributed by atoms with E-state index < -0.39 is 0 Å². The van der Waals surface area contributed by atoms with Gasteiger partial charge in [-0.25, -0.2) is 0 Å². The van der Waals surface area contributed by atoms with Crippen LogP contribution in [0.1, 0.15) is 29.9 Å². The normalized spacial score (nSPS) is 12.2. The van der Waals surface area contributed by atoms with Gasteiger partial charge in [0, 0.05) is 25.9 Å². The minimum absolute atomic E-state index is 0.271. The predicted molar refractivity (Wildman–Crippen MR) is 98.8 cm³/mol. The van der Waals surface area contributed by atoms with E-state index in [1.165, 1.54) is 16.9 Å². The topological polar surface area (TPSA) is 61.4 Å². The molecule has 1 amide bonds. The first-order valence-corrected chi connectivity index (χ1v) is 9.24. The summed E-state index contributed by atoms with van der Waals surface area (Å²) in [6, 6.07) is 7.98. The average Bonchev–Trinajstić information content (AvgIpc) is 3.19. The van der Waals surface area contributed by atoms with Gasteiger partial charge in [0.15, 0.2) is 4.80 Å². The second-order valence-corrected chi connectivity index (χ2v) is 6.66. The van der Waals surface area contributed by atoms with Crippen LogP contribution in [0.3, 0.4) is 0 Å². The fourth-order valence-corrected chi connectivity index (χ4v) is 3.85. The molecule has 0 unspecified atom stereocenters. The number of benzene rings is 1. The number of aryl methyl sites for hydroxylation is 2. The third kappa shape index (κ3) is 3.72. The summed E-state index contributed by atoms with van der Waals surface area (Å²) in [4.78, 5) is 17.7. The molecule has 0 fully saturated rings. The van der Waals surface area contributed by atoms with Gasteiger partial charge in [0.05, 0.1) is 16.8 Å². The summed E-state index contributed by atoms with van der Waals surface area (Å²) >= 11 is 1.53. The molecule has 0 atom stereocenters. The van der Waals surface area contributed by atoms with Crippen molar-refractivity contribution in [1.82, 2.24) is 14.3 Å². The lowest BCUT2D eigenvalue weighted by molar-refractivity contribution is 0.0986. The van der Waals surface area contributed by atoms with Gasteiger partial charge in [-0.05, 0) is 44.5 Å². The van der Waals surface area contributed by atoms with Crippen LogP contribution < -0.4 is 4.80 Å². The van der Waals surface area contributed by atoms with Gasteiger partial charge < -0.3 is 9.30 Å². The zero-order valence-electron chi connectivity index (χ0n) is 14.7. The molecule has 25 heavy (non-hydrogen) atoms. The van der Waals surface area contributed by atoms with E-state index in [1.54, 1.807) is 16.9 Å². The van der Waals surface area contributed by atoms with Crippen LogP contribution in [0.4, 0.5) is 0 Å². The van der Waals surface area contributed by atoms with Gasteiger partial charge in [-0.3, -0.25) is 9.48 Å². The summed E-state index contributed by atoms with van der Waals surface area (Å²) in [5.41, 5.74) is 2.77. The molecule has 0 aliphatic rings. The van der Waals surface area contributed by atoms with Crippen LogP contribution in [-0.2, 0) is 17.8 Å². The maximum atomic E-state index is 12.6. The Balaban J connectivity index is 2.07. The Morgan fingerprint density at radius 1 is 1.32 bits per heavy atom. The third-order valence-electron chi connectivity index (χ3n) is 3.93. The van der Waals surface area contributed by atoms with Crippen molar-refractivity contribution in [3.05, 3.63) is 46.5 Å². The number of carbonyl (C=O) groups is 1. The molecule has 0 saturated heterocycles. The predicted octanol–water partition coefficient (Wildman–Crippen LogP) is 3.01. The summed E-state index contributed by atoms with van der Waals surface area (Å²) in [5, 5.41) is 4.15. The highest BCUT2D eigenvalue weighted by atomic mass is 32.1. The highest BCUT2D eigenvalue weighted by Crippen LogP contribution is 2.19. The Morgan fingerprint density at radius 3 is 2.92 bits per heavy atom. The average molecular weight is 358 g/mol. The number of nitrogens with zero attached hydrogens (tertiary/aromatic N) is 4. The van der Waals surface area contributed by atoms with Crippen molar-refractivity contribution in [2.45, 2.75) is 33.9 Å². The van der Waals surface area contributed by atoms with E-state index in [1.807, 2.05) is 13.8 Å². The maximum Gasteiger partial charge on any atom is 0.297 e. The maximum absolute atomic E-state index is 12.6. The van der Waals surface area contributed by atoms with Crippen molar-refractivity contribution < 1.29 is 9.53 Å². The molecule has 3 aromatic rings. The van der Waals surface area contributed by atoms with E-state index in [9.17, 15) is 4.79 Å². The van der Waals surface area contributed by atoms with Gasteiger partial charge in [-0.1, -0.05) is 17.4 Å². The van der Waals surface area contributed by atoms with Gasteiger partial charge >= 0.3 is 0 Å². The van der Waals surface area contributed by atoms with E-state index in [2.05, 4.69) is 39.8 Å². The first kappa shape index (κ1) is 17.6. The number of thiazole rings is 1. The fourth-order valence-electron chi connectivity index (χ4n) is 2.69. The number of rotatable bonds is 6. The highest BCUT2D eigenvalue weighted by Gasteiger charge is 2.12. The third-order valence-corrected chi connectivity index (χ3v) is 4.98. The van der Waals surface area contributed by atoms with Crippen LogP contribution in [-0.4, -0.2) is 33.5 Å². The van der Waals surface area contributed by atoms with Gasteiger partial charge in [0.2, 0.25) is 0 Å². The van der Waals surface area contributed by atoms with E-state index in [4.69, 9.17) is 4.74 Å². The van der Waals surface area contributed by atoms with Crippen LogP contribution >= 0.6 is 11.3 Å². The molecular formula is C18H22N4O2S. The Labute approximate surface area is 150 Å². The summed E-state index contributed by atoms with van der Waals surface area (Å²) in [6.07, 6.45) is 1.63. The summed E-state index contributed by atoms with van der Waals surface area (Å²) in [6.45, 7) is 8.54. The molecule has 0 aliphatic heterocycles. The Hall–Kier alpha value is -2.25. The minimum atomic E-state index is -0.271. The van der Waals surface area contributed by atoms with Gasteiger partial charge in [-0.2, -0.15) is 10.1 Å². The second kappa shape index (κ2) is 7.76. The standard InChI is InChI=1S/C18H22N4O2S/c1-4-22-15(8-9-19-22)17(23)20-18-21(10-11-24-5-2)14-7-6-13(3)12-16(14)25-18/h6-9,12H,4-5,10-11H2,1-3H3. The van der Waals surface area contributed by atoms with Gasteiger partial charge in [0.25, 0.3) is 5.91 Å². The molecule has 6 nitrogen and oxygen atoms in total. The molecule has 0 radical (unpaired) electrons. The van der Waals surface area contributed by atoms with E-state index >= 15 is 0 Å². The monoisotopic (exact) mass is 358 g/mol. The van der Waals surface area contributed by atoms with E-state index in [0.29, 0.717) is 36.8 Å². The lowest BCUT2D eigenvalue weighted by Crippen LogP contribution is -2.20. The first-order chi connectivity index (χ1) is 12.1. The molecule has 132 valence electrons. The smallest absolute Gasteiger partial charge is 0.297 e. The quantitative estimate of drug-likeness (QED) is 0.637. The molecule has 0 bridgehead atoms. The van der Waals surface area contributed by atoms with Crippen LogP contribution in [0.2, 0.25) is 0 Å². The number of hydrogen-bond acceptors (Lipinski definition) is 4. The largest absolute Gasteiger partial charge is 0.380 e. The fraction of sp³-hybridized carbons (Fsp3) is 0.389. The Kier molecular flexibility index (Phi) is 5.45. The number of hydrogen-bond donors (Lipinski definition) is 0. The summed E-state index contributed by atoms with van der Waals surface area (Å²) in [5.74, 6) is -0.271. The molecule has 1 aromatic carbocycles. The van der Waals surface area contributed by atoms with Crippen LogP contribution in [0.25, 0.3) is 10.2 Å². The van der Waals surface area contributed by atoms with Crippen molar-refractivity contribution in [2.24, 2.45) is 4.99 Å². The number of carbonyl (C=O) groups excluding carboxylic acids is 1. The van der Waals surface area contributed by atoms with E-state index in [-0.39, 0.29) is 5.91 Å². The van der Waals surface area contributed by atoms with Crippen LogP contribution in [0, 0.1) is 6.92 Å². The first-order valence-electron chi connectivity index (χ1n) is 8.42. The zero-order chi connectivity index (χ0) is 17.8. The van der Waals surface area contributed by atoms with Crippen molar-refractivity contribution in [3.63, 3.8) is 0 Å². The molecular weight excluding hydrogens is 336 g/mol. The van der Waals surface area contributed by atoms with Crippen molar-refractivity contribution in [2.75, 3.05) is 13.2 Å². The van der Waals surface area contributed by atoms with Crippen molar-refractivity contribution >= 4 is 27.5 Å². The number of ether oxygens (including phenoxy) is 1. The minimum Gasteiger partial charge on any atom is -0.380 e. The SMILES string of the molecule is CCOCCn1c(=NC(=O)c2ccnn2CC)sc2cc(C)ccc21. The molecule has 3 rings (SSSR count). The summed E-state index contributed by atoms with van der Waals surface area (Å²) in [7, 11) is 0. The highest BCUT2D eigenvalue weighted by molar-refractivity contribution is 7.16. The lowest BCUT2D eigenvalue weighted by Gasteiger charge is -2.05. The Morgan fingerprint density at radius 2 is 2.16 bits per heavy atom. The molecule has 0 aliphatic carbocycles. The molecule has 2 heterocycles. The van der Waals surface area contributed by atoms with Crippen LogP contribution in [0.5, 0.6) is 0 Å². The number of amides is 1. The summed E-state index contributed by atoms with van der Waals surface area (Å²) < 4.78 is 10.3. The molecule has 0 spiro atoms. The lowest BCUT2D eigenvalue weighted by atomic mass is 10.2. The van der Waals surface area contributed by atoms with Crippen molar-refractivity contribution in [3.8, 4) is 0 Å². The van der Waals surface area contributed by atoms with Gasteiger partial charge in [0.1, 0.15) is 5.69 Å². The Bertz CT molecular complexity index is 952. The van der Waals surface area contributed by atoms with Crippen molar-refractivity contribution in [1.29, 1.82) is 0 Å². The molecule has 7 heteroatoms. The second-order valence-electron chi connectivity index (χ2n) is 5.65. The van der Waals surface area contributed by atoms with E-state index in [0.717, 1.165) is 10.2 Å². The number of fused-ring (bicyclic) bond motifs is 1. The van der Waals surface area contributed by atoms with Gasteiger partial charge in [-0.15, -0.1) is 0 Å². The molecule has 2 aromatic heterocycles. The zero-order valence-corrected chi connectivity index (χ0v) is 15.5. The molecule has 0 saturated carbocycles. The number of aromatic nitrogens is 3. The van der Waals surface area contributed by atoms with Crippen LogP contribution in [0.15, 0.2) is 35.5 Å².